The molecule has 0 aliphatic carbocycles. The molecule has 0 rings (SSSR count). The van der Waals surface area contributed by atoms with Crippen molar-refractivity contribution in [1.29, 1.82) is 0 Å². The number of hydrogen-bond acceptors (Lipinski definition) is 4. The standard InChI is InChI=1S/C12H21ClO4/c1-3-5-7-16-12(15)8-10(9-13)17-11(14)6-4-2/h10H,3-9H2,1-2H3. The highest BCUT2D eigenvalue weighted by atomic mass is 35.5. The number of carbonyl (C=O) groups is 2. The Labute approximate surface area is 108 Å². The van der Waals surface area contributed by atoms with Crippen LogP contribution in [0.3, 0.4) is 0 Å². The van der Waals surface area contributed by atoms with Gasteiger partial charge in [0.05, 0.1) is 18.9 Å². The molecule has 0 saturated heterocycles. The van der Waals surface area contributed by atoms with Crippen LogP contribution in [-0.4, -0.2) is 30.5 Å². The maximum Gasteiger partial charge on any atom is 0.309 e. The molecule has 0 bridgehead atoms. The first-order chi connectivity index (χ1) is 8.13. The molecule has 0 aliphatic heterocycles. The molecule has 0 radical (unpaired) electrons. The van der Waals surface area contributed by atoms with Gasteiger partial charge in [-0.2, -0.15) is 0 Å². The molecule has 0 spiro atoms. The molecule has 0 aromatic carbocycles. The first-order valence-corrected chi connectivity index (χ1v) is 6.58. The van der Waals surface area contributed by atoms with Gasteiger partial charge in [-0.25, -0.2) is 0 Å². The average Bonchev–Trinajstić information content (AvgIpc) is 2.28. The summed E-state index contributed by atoms with van der Waals surface area (Å²) in [6.45, 7) is 4.31. The van der Waals surface area contributed by atoms with Gasteiger partial charge >= 0.3 is 11.9 Å². The number of alkyl halides is 1. The minimum absolute atomic E-state index is 0.0304. The maximum atomic E-state index is 11.4. The van der Waals surface area contributed by atoms with Crippen LogP contribution in [0.15, 0.2) is 0 Å². The zero-order valence-electron chi connectivity index (χ0n) is 10.5. The molecular formula is C12H21ClO4. The molecule has 5 heteroatoms. The molecule has 0 aliphatic rings. The first kappa shape index (κ1) is 16.2. The van der Waals surface area contributed by atoms with Crippen LogP contribution >= 0.6 is 11.6 Å². The number of esters is 2. The van der Waals surface area contributed by atoms with E-state index in [-0.39, 0.29) is 24.2 Å². The molecule has 0 aromatic rings. The van der Waals surface area contributed by atoms with Crippen molar-refractivity contribution in [1.82, 2.24) is 0 Å². The normalized spacial score (nSPS) is 11.9. The summed E-state index contributed by atoms with van der Waals surface area (Å²) in [4.78, 5) is 22.6. The fourth-order valence-electron chi connectivity index (χ4n) is 1.15. The largest absolute Gasteiger partial charge is 0.466 e. The van der Waals surface area contributed by atoms with E-state index in [1.54, 1.807) is 0 Å². The van der Waals surface area contributed by atoms with Crippen molar-refractivity contribution in [2.75, 3.05) is 12.5 Å². The highest BCUT2D eigenvalue weighted by molar-refractivity contribution is 6.18. The number of rotatable bonds is 9. The number of halogens is 1. The van der Waals surface area contributed by atoms with E-state index in [9.17, 15) is 9.59 Å². The van der Waals surface area contributed by atoms with Gasteiger partial charge in [0.2, 0.25) is 0 Å². The molecule has 0 amide bonds. The van der Waals surface area contributed by atoms with E-state index in [1.807, 2.05) is 13.8 Å². The second-order valence-electron chi connectivity index (χ2n) is 3.79. The summed E-state index contributed by atoms with van der Waals surface area (Å²) in [5.74, 6) is -0.578. The van der Waals surface area contributed by atoms with Crippen LogP contribution in [0.25, 0.3) is 0 Å². The fraction of sp³-hybridized carbons (Fsp3) is 0.833. The third-order valence-electron chi connectivity index (χ3n) is 2.08. The van der Waals surface area contributed by atoms with Crippen molar-refractivity contribution in [2.24, 2.45) is 0 Å². The monoisotopic (exact) mass is 264 g/mol. The Morgan fingerprint density at radius 1 is 1.18 bits per heavy atom. The Morgan fingerprint density at radius 2 is 1.88 bits per heavy atom. The highest BCUT2D eigenvalue weighted by Gasteiger charge is 2.17. The van der Waals surface area contributed by atoms with Gasteiger partial charge in [-0.05, 0) is 12.8 Å². The summed E-state index contributed by atoms with van der Waals surface area (Å²) in [6.07, 6.45) is 2.32. The minimum Gasteiger partial charge on any atom is -0.466 e. The van der Waals surface area contributed by atoms with Gasteiger partial charge in [-0.3, -0.25) is 9.59 Å². The van der Waals surface area contributed by atoms with Crippen LogP contribution in [0.5, 0.6) is 0 Å². The molecule has 1 atom stereocenters. The van der Waals surface area contributed by atoms with E-state index in [0.717, 1.165) is 19.3 Å². The van der Waals surface area contributed by atoms with Gasteiger partial charge in [0.15, 0.2) is 0 Å². The fourth-order valence-corrected chi connectivity index (χ4v) is 1.32. The lowest BCUT2D eigenvalue weighted by atomic mass is 10.2. The van der Waals surface area contributed by atoms with Gasteiger partial charge < -0.3 is 9.47 Å². The van der Waals surface area contributed by atoms with Gasteiger partial charge in [-0.15, -0.1) is 11.6 Å². The summed E-state index contributed by atoms with van der Waals surface area (Å²) in [5, 5.41) is 0. The molecular weight excluding hydrogens is 244 g/mol. The third-order valence-corrected chi connectivity index (χ3v) is 2.42. The summed E-state index contributed by atoms with van der Waals surface area (Å²) in [5.41, 5.74) is 0. The topological polar surface area (TPSA) is 52.6 Å². The van der Waals surface area contributed by atoms with Crippen molar-refractivity contribution in [2.45, 2.75) is 52.1 Å². The Balaban J connectivity index is 3.86. The van der Waals surface area contributed by atoms with Gasteiger partial charge in [-0.1, -0.05) is 20.3 Å². The van der Waals surface area contributed by atoms with E-state index in [2.05, 4.69) is 0 Å². The Kier molecular flexibility index (Phi) is 9.92. The number of ether oxygens (including phenoxy) is 2. The van der Waals surface area contributed by atoms with E-state index < -0.39 is 6.10 Å². The summed E-state index contributed by atoms with van der Waals surface area (Å²) >= 11 is 5.63. The molecule has 0 heterocycles. The lowest BCUT2D eigenvalue weighted by Gasteiger charge is -2.14. The predicted molar refractivity (Wildman–Crippen MR) is 66.0 cm³/mol. The van der Waals surface area contributed by atoms with Crippen molar-refractivity contribution < 1.29 is 19.1 Å². The highest BCUT2D eigenvalue weighted by Crippen LogP contribution is 2.06. The lowest BCUT2D eigenvalue weighted by Crippen LogP contribution is -2.24. The molecule has 4 nitrogen and oxygen atoms in total. The molecule has 0 fully saturated rings. The second-order valence-corrected chi connectivity index (χ2v) is 4.10. The van der Waals surface area contributed by atoms with E-state index in [1.165, 1.54) is 0 Å². The van der Waals surface area contributed by atoms with Crippen LogP contribution in [0.1, 0.15) is 46.0 Å². The summed E-state index contributed by atoms with van der Waals surface area (Å²) in [7, 11) is 0. The molecule has 0 saturated carbocycles. The molecule has 0 N–H and O–H groups in total. The third kappa shape index (κ3) is 8.98. The SMILES string of the molecule is CCCCOC(=O)CC(CCl)OC(=O)CCC. The van der Waals surface area contributed by atoms with Crippen LogP contribution in [0.4, 0.5) is 0 Å². The van der Waals surface area contributed by atoms with Crippen LogP contribution < -0.4 is 0 Å². The van der Waals surface area contributed by atoms with E-state index in [0.29, 0.717) is 13.0 Å². The number of carbonyl (C=O) groups excluding carboxylic acids is 2. The second kappa shape index (κ2) is 10.4. The predicted octanol–water partition coefficient (Wildman–Crippen LogP) is 2.67. The van der Waals surface area contributed by atoms with E-state index in [4.69, 9.17) is 21.1 Å². The Morgan fingerprint density at radius 3 is 2.41 bits per heavy atom. The lowest BCUT2D eigenvalue weighted by molar-refractivity contribution is -0.154. The zero-order valence-corrected chi connectivity index (χ0v) is 11.3. The summed E-state index contributed by atoms with van der Waals surface area (Å²) in [6, 6.07) is 0. The zero-order chi connectivity index (χ0) is 13.1. The van der Waals surface area contributed by atoms with Crippen LogP contribution in [0, 0.1) is 0 Å². The van der Waals surface area contributed by atoms with E-state index >= 15 is 0 Å². The van der Waals surface area contributed by atoms with Gasteiger partial charge in [0, 0.05) is 6.42 Å². The molecule has 100 valence electrons. The summed E-state index contributed by atoms with van der Waals surface area (Å²) < 4.78 is 10.0. The van der Waals surface area contributed by atoms with Crippen molar-refractivity contribution in [3.8, 4) is 0 Å². The van der Waals surface area contributed by atoms with Crippen LogP contribution in [0.2, 0.25) is 0 Å². The minimum atomic E-state index is -0.579. The number of hydrogen-bond donors (Lipinski definition) is 0. The molecule has 0 aromatic heterocycles. The quantitative estimate of drug-likeness (QED) is 0.365. The van der Waals surface area contributed by atoms with Crippen molar-refractivity contribution in [3.05, 3.63) is 0 Å². The Bertz CT molecular complexity index is 231. The van der Waals surface area contributed by atoms with Crippen LogP contribution in [-0.2, 0) is 19.1 Å². The Hall–Kier alpha value is -0.770. The molecule has 17 heavy (non-hydrogen) atoms. The van der Waals surface area contributed by atoms with Crippen molar-refractivity contribution >= 4 is 23.5 Å². The number of unbranched alkanes of at least 4 members (excludes halogenated alkanes) is 1. The maximum absolute atomic E-state index is 11.4. The molecule has 1 unspecified atom stereocenters. The van der Waals surface area contributed by atoms with Gasteiger partial charge in [0.1, 0.15) is 6.10 Å². The first-order valence-electron chi connectivity index (χ1n) is 6.05. The van der Waals surface area contributed by atoms with Gasteiger partial charge in [0.25, 0.3) is 0 Å². The van der Waals surface area contributed by atoms with Crippen molar-refractivity contribution in [3.63, 3.8) is 0 Å². The smallest absolute Gasteiger partial charge is 0.309 e. The average molecular weight is 265 g/mol.